The van der Waals surface area contributed by atoms with Gasteiger partial charge in [0.15, 0.2) is 0 Å². The molecule has 0 aliphatic carbocycles. The molecule has 0 radical (unpaired) electrons. The summed E-state index contributed by atoms with van der Waals surface area (Å²) >= 11 is 1.31. The minimum atomic E-state index is -1.86. The first-order valence-electron chi connectivity index (χ1n) is 15.4. The van der Waals surface area contributed by atoms with Crippen molar-refractivity contribution in [2.75, 3.05) is 0 Å². The predicted molar refractivity (Wildman–Crippen MR) is 177 cm³/mol. The minimum Gasteiger partial charge on any atom is -0.425 e. The second-order valence-corrected chi connectivity index (χ2v) is 13.3. The molecular formula is C36H37F2N6O3S+. The fraction of sp³-hybridized carbons (Fsp3) is 0.306. The maximum absolute atomic E-state index is 15.3. The number of aliphatic hydroxyl groups is 1. The van der Waals surface area contributed by atoms with E-state index in [9.17, 15) is 14.3 Å². The number of nitrogens with two attached hydrogens (primary N) is 1. The Bertz CT molecular complexity index is 1960. The number of esters is 1. The van der Waals surface area contributed by atoms with Gasteiger partial charge >= 0.3 is 5.97 Å². The van der Waals surface area contributed by atoms with E-state index >= 15 is 4.39 Å². The highest BCUT2D eigenvalue weighted by molar-refractivity contribution is 7.10. The van der Waals surface area contributed by atoms with Crippen molar-refractivity contribution >= 4 is 17.3 Å². The van der Waals surface area contributed by atoms with Gasteiger partial charge in [0, 0.05) is 33.6 Å². The van der Waals surface area contributed by atoms with Crippen LogP contribution in [0, 0.1) is 42.7 Å². The van der Waals surface area contributed by atoms with Crippen LogP contribution in [-0.4, -0.2) is 31.9 Å². The van der Waals surface area contributed by atoms with Gasteiger partial charge in [-0.05, 0) is 66.8 Å². The van der Waals surface area contributed by atoms with Crippen molar-refractivity contribution in [1.29, 1.82) is 5.26 Å². The summed E-state index contributed by atoms with van der Waals surface area (Å²) in [7, 11) is 0. The Morgan fingerprint density at radius 2 is 1.81 bits per heavy atom. The van der Waals surface area contributed by atoms with Crippen LogP contribution < -0.4 is 15.0 Å². The molecule has 0 aliphatic heterocycles. The Hall–Kier alpha value is -4.83. The molecule has 0 amide bonds. The standard InChI is InChI=1S/C36H37F2N6O3S/c1-21(2)32(40)35(45)47-33-22(3)12-26(13-23(33)4)16-43-19-41-44(20-43)18-36(46,29-11-10-28(37)14-30(29)38)24(5)34-42-31(17-48-34)27-8-6-25(15-39)7-9-27/h6-14,17,19-21,24,32,46H,16,18,40H2,1-5H3/q+1/t24-,32?,36+/m0/s1. The Kier molecular flexibility index (Phi) is 10.1. The zero-order valence-electron chi connectivity index (χ0n) is 27.3. The Labute approximate surface area is 281 Å². The molecular weight excluding hydrogens is 634 g/mol. The zero-order valence-corrected chi connectivity index (χ0v) is 28.1. The third-order valence-corrected chi connectivity index (χ3v) is 9.45. The average molecular weight is 672 g/mol. The molecule has 2 aromatic heterocycles. The monoisotopic (exact) mass is 671 g/mol. The Morgan fingerprint density at radius 3 is 2.44 bits per heavy atom. The van der Waals surface area contributed by atoms with Crippen LogP contribution in [0.15, 0.2) is 72.6 Å². The third-order valence-electron chi connectivity index (χ3n) is 8.43. The molecule has 248 valence electrons. The SMILES string of the molecule is Cc1cc(C[n+]2cnn(C[C@](O)(c3ccc(F)cc3F)[C@@H](C)c3nc(-c4ccc(C#N)cc4)cs3)c2)cc(C)c1OC(=O)C(N)C(C)C. The van der Waals surface area contributed by atoms with Gasteiger partial charge in [0.05, 0.1) is 28.9 Å². The number of thiazole rings is 1. The van der Waals surface area contributed by atoms with Crippen LogP contribution >= 0.6 is 11.3 Å². The molecule has 0 saturated heterocycles. The van der Waals surface area contributed by atoms with Crippen LogP contribution in [0.2, 0.25) is 0 Å². The quantitative estimate of drug-likeness (QED) is 0.105. The molecule has 5 rings (SSSR count). The fourth-order valence-corrected chi connectivity index (χ4v) is 6.52. The van der Waals surface area contributed by atoms with Crippen LogP contribution in [0.5, 0.6) is 5.75 Å². The van der Waals surface area contributed by atoms with Gasteiger partial charge in [-0.25, -0.2) is 23.1 Å². The number of hydrogen-bond acceptors (Lipinski definition) is 8. The summed E-state index contributed by atoms with van der Waals surface area (Å²) in [6.45, 7) is 9.45. The zero-order chi connectivity index (χ0) is 34.7. The molecule has 2 heterocycles. The number of nitrogens with zero attached hydrogens (tertiary/aromatic N) is 5. The molecule has 0 fully saturated rings. The van der Waals surface area contributed by atoms with Crippen molar-refractivity contribution in [2.24, 2.45) is 11.7 Å². The summed E-state index contributed by atoms with van der Waals surface area (Å²) in [5.41, 5.74) is 8.48. The molecule has 0 aliphatic rings. The number of carbonyl (C=O) groups is 1. The van der Waals surface area contributed by atoms with Gasteiger partial charge in [0.25, 0.3) is 6.33 Å². The molecule has 0 spiro atoms. The topological polar surface area (TPSA) is 131 Å². The summed E-state index contributed by atoms with van der Waals surface area (Å²) in [5.74, 6) is -2.42. The molecule has 12 heteroatoms. The van der Waals surface area contributed by atoms with E-state index in [2.05, 4.69) is 11.2 Å². The first kappa shape index (κ1) is 34.5. The lowest BCUT2D eigenvalue weighted by Gasteiger charge is -2.32. The second kappa shape index (κ2) is 14.1. The highest BCUT2D eigenvalue weighted by Gasteiger charge is 2.43. The van der Waals surface area contributed by atoms with Gasteiger partial charge in [-0.2, -0.15) is 5.26 Å². The van der Waals surface area contributed by atoms with Gasteiger partial charge in [-0.1, -0.05) is 39.0 Å². The lowest BCUT2D eigenvalue weighted by atomic mass is 9.82. The van der Waals surface area contributed by atoms with E-state index in [1.165, 1.54) is 22.1 Å². The summed E-state index contributed by atoms with van der Waals surface area (Å²) in [6.07, 6.45) is 3.29. The number of nitriles is 1. The Morgan fingerprint density at radius 1 is 1.12 bits per heavy atom. The molecule has 3 atom stereocenters. The number of aromatic nitrogens is 4. The highest BCUT2D eigenvalue weighted by atomic mass is 32.1. The molecule has 3 aromatic carbocycles. The molecule has 5 aromatic rings. The van der Waals surface area contributed by atoms with E-state index in [1.807, 2.05) is 49.8 Å². The van der Waals surface area contributed by atoms with Gasteiger partial charge in [-0.3, -0.25) is 0 Å². The predicted octanol–water partition coefficient (Wildman–Crippen LogP) is 5.69. The Balaban J connectivity index is 1.40. The van der Waals surface area contributed by atoms with E-state index < -0.39 is 35.2 Å². The van der Waals surface area contributed by atoms with E-state index in [-0.39, 0.29) is 18.0 Å². The lowest BCUT2D eigenvalue weighted by Crippen LogP contribution is -2.39. The summed E-state index contributed by atoms with van der Waals surface area (Å²) < 4.78 is 38.2. The third kappa shape index (κ3) is 7.33. The molecule has 1 unspecified atom stereocenters. The molecule has 3 N–H and O–H groups in total. The van der Waals surface area contributed by atoms with Crippen molar-refractivity contribution in [3.63, 3.8) is 0 Å². The van der Waals surface area contributed by atoms with Crippen molar-refractivity contribution in [3.05, 3.63) is 117 Å². The first-order valence-corrected chi connectivity index (χ1v) is 16.3. The second-order valence-electron chi connectivity index (χ2n) is 12.4. The number of carbonyl (C=O) groups excluding carboxylic acids is 1. The van der Waals surface area contributed by atoms with Crippen LogP contribution in [0.1, 0.15) is 59.5 Å². The maximum Gasteiger partial charge on any atom is 0.328 e. The maximum atomic E-state index is 15.3. The summed E-state index contributed by atoms with van der Waals surface area (Å²) in [5, 5.41) is 28.2. The van der Waals surface area contributed by atoms with Crippen molar-refractivity contribution in [2.45, 2.75) is 65.3 Å². The van der Waals surface area contributed by atoms with E-state index in [1.54, 1.807) is 43.8 Å². The van der Waals surface area contributed by atoms with Crippen LogP contribution in [-0.2, 0) is 23.5 Å². The average Bonchev–Trinajstić information content (AvgIpc) is 3.71. The molecule has 0 bridgehead atoms. The summed E-state index contributed by atoms with van der Waals surface area (Å²) in [6, 6.07) is 15.3. The molecule has 0 saturated carbocycles. The van der Waals surface area contributed by atoms with Crippen LogP contribution in [0.25, 0.3) is 11.3 Å². The molecule has 48 heavy (non-hydrogen) atoms. The molecule has 9 nitrogen and oxygen atoms in total. The van der Waals surface area contributed by atoms with Crippen molar-refractivity contribution < 1.29 is 28.0 Å². The first-order chi connectivity index (χ1) is 22.8. The number of benzene rings is 3. The number of ether oxygens (including phenoxy) is 1. The number of halogens is 2. The smallest absolute Gasteiger partial charge is 0.328 e. The van der Waals surface area contributed by atoms with E-state index in [4.69, 9.17) is 20.7 Å². The van der Waals surface area contributed by atoms with Gasteiger partial charge in [0.1, 0.15) is 35.6 Å². The van der Waals surface area contributed by atoms with E-state index in [0.717, 1.165) is 34.4 Å². The van der Waals surface area contributed by atoms with Gasteiger partial charge in [0.2, 0.25) is 6.33 Å². The van der Waals surface area contributed by atoms with Crippen LogP contribution in [0.4, 0.5) is 8.78 Å². The van der Waals surface area contributed by atoms with Crippen molar-refractivity contribution in [3.8, 4) is 23.1 Å². The highest BCUT2D eigenvalue weighted by Crippen LogP contribution is 2.41. The van der Waals surface area contributed by atoms with Crippen molar-refractivity contribution in [1.82, 2.24) is 14.8 Å². The number of aryl methyl sites for hydroxylation is 2. The van der Waals surface area contributed by atoms with E-state index in [0.29, 0.717) is 28.6 Å². The number of rotatable bonds is 11. The largest absolute Gasteiger partial charge is 0.425 e. The fourth-order valence-electron chi connectivity index (χ4n) is 5.55. The summed E-state index contributed by atoms with van der Waals surface area (Å²) in [4.78, 5) is 17.2. The van der Waals surface area contributed by atoms with Gasteiger partial charge in [-0.15, -0.1) is 16.0 Å². The van der Waals surface area contributed by atoms with Crippen LogP contribution in [0.3, 0.4) is 0 Å². The number of hydrogen-bond donors (Lipinski definition) is 2. The normalized spacial score (nSPS) is 13.9. The lowest BCUT2D eigenvalue weighted by molar-refractivity contribution is -0.689. The van der Waals surface area contributed by atoms with Gasteiger partial charge < -0.3 is 15.6 Å². The minimum absolute atomic E-state index is 0.0570.